The van der Waals surface area contributed by atoms with Crippen molar-refractivity contribution in [3.05, 3.63) is 12.2 Å². The third kappa shape index (κ3) is 57.5. The predicted molar refractivity (Wildman–Crippen MR) is 95.9 cm³/mol. The second kappa shape index (κ2) is 30.6. The van der Waals surface area contributed by atoms with Gasteiger partial charge in [-0.15, -0.1) is 0 Å². The van der Waals surface area contributed by atoms with Crippen LogP contribution >= 0.6 is 0 Å². The molecule has 0 spiro atoms. The lowest BCUT2D eigenvalue weighted by atomic mass is 10.0. The van der Waals surface area contributed by atoms with Crippen LogP contribution in [-0.4, -0.2) is 0 Å². The van der Waals surface area contributed by atoms with E-state index in [0.717, 1.165) is 5.92 Å². The molecule has 120 valence electrons. The van der Waals surface area contributed by atoms with Gasteiger partial charge in [-0.3, -0.25) is 0 Å². The van der Waals surface area contributed by atoms with Crippen LogP contribution in [0.15, 0.2) is 12.2 Å². The molecule has 0 saturated heterocycles. The standard InChI is InChI=1S/C10H20.C4H10.C3H8.C2H6/c1-5-6-10(4)8-7-9(2)3;1-3-4-2;1-3-2;1-2/h7-10H,5-6H2,1-4H3;3-4H2,1-2H3;3H2,1-2H3;1-2H3. The first-order chi connectivity index (χ1) is 8.99. The average Bonchev–Trinajstić information content (AvgIpc) is 2.40. The van der Waals surface area contributed by atoms with Crippen LogP contribution < -0.4 is 0 Å². The van der Waals surface area contributed by atoms with Crippen LogP contribution in [0.5, 0.6) is 0 Å². The zero-order chi connectivity index (χ0) is 16.1. The molecule has 0 radical (unpaired) electrons. The third-order valence-corrected chi connectivity index (χ3v) is 2.07. The highest BCUT2D eigenvalue weighted by Gasteiger charge is 1.93. The van der Waals surface area contributed by atoms with Crippen molar-refractivity contribution in [3.8, 4) is 0 Å². The molecule has 1 atom stereocenters. The largest absolute Gasteiger partial charge is 0.0857 e. The number of rotatable bonds is 5. The molecule has 1 unspecified atom stereocenters. The van der Waals surface area contributed by atoms with E-state index in [1.54, 1.807) is 0 Å². The molecule has 0 N–H and O–H groups in total. The highest BCUT2D eigenvalue weighted by molar-refractivity contribution is 4.88. The molecule has 0 aliphatic heterocycles. The Hall–Kier alpha value is -0.260. The van der Waals surface area contributed by atoms with Gasteiger partial charge >= 0.3 is 0 Å². The van der Waals surface area contributed by atoms with E-state index in [1.807, 2.05) is 13.8 Å². The summed E-state index contributed by atoms with van der Waals surface area (Å²) in [5.41, 5.74) is 0. The average molecular weight is 273 g/mol. The van der Waals surface area contributed by atoms with Gasteiger partial charge in [0.05, 0.1) is 0 Å². The number of allylic oxidation sites excluding steroid dienone is 2. The maximum atomic E-state index is 2.33. The minimum absolute atomic E-state index is 0.708. The Morgan fingerprint density at radius 2 is 1.05 bits per heavy atom. The fourth-order valence-corrected chi connectivity index (χ4v) is 0.963. The van der Waals surface area contributed by atoms with Crippen molar-refractivity contribution >= 4 is 0 Å². The Bertz CT molecular complexity index is 120. The fourth-order valence-electron chi connectivity index (χ4n) is 0.963. The molecule has 0 heteroatoms. The van der Waals surface area contributed by atoms with Gasteiger partial charge in [0.15, 0.2) is 0 Å². The number of hydrogen-bond donors (Lipinski definition) is 0. The maximum Gasteiger partial charge on any atom is -0.0262 e. The van der Waals surface area contributed by atoms with E-state index in [9.17, 15) is 0 Å². The summed E-state index contributed by atoms with van der Waals surface area (Å²) in [5, 5.41) is 0. The molecule has 0 aliphatic carbocycles. The van der Waals surface area contributed by atoms with Gasteiger partial charge in [-0.25, -0.2) is 0 Å². The van der Waals surface area contributed by atoms with Gasteiger partial charge in [0, 0.05) is 0 Å². The molecule has 0 aromatic heterocycles. The van der Waals surface area contributed by atoms with Crippen molar-refractivity contribution in [1.82, 2.24) is 0 Å². The molecule has 0 aromatic rings. The minimum atomic E-state index is 0.708. The smallest absolute Gasteiger partial charge is 0.0262 e. The summed E-state index contributed by atoms with van der Waals surface area (Å²) in [6.07, 6.45) is 11.1. The first-order valence-electron chi connectivity index (χ1n) is 8.68. The molecule has 19 heavy (non-hydrogen) atoms. The van der Waals surface area contributed by atoms with E-state index < -0.39 is 0 Å². The quantitative estimate of drug-likeness (QED) is 0.446. The van der Waals surface area contributed by atoms with E-state index in [1.165, 1.54) is 32.1 Å². The SMILES string of the molecule is CC.CCC.CCCC.CCCC(C)C=CC(C)C. The highest BCUT2D eigenvalue weighted by Crippen LogP contribution is 2.07. The van der Waals surface area contributed by atoms with Crippen LogP contribution in [0.25, 0.3) is 0 Å². The van der Waals surface area contributed by atoms with Crippen molar-refractivity contribution in [2.24, 2.45) is 11.8 Å². The highest BCUT2D eigenvalue weighted by atomic mass is 14.0. The van der Waals surface area contributed by atoms with E-state index in [-0.39, 0.29) is 0 Å². The van der Waals surface area contributed by atoms with Gasteiger partial charge in [-0.1, -0.05) is 107 Å². The molecule has 0 aromatic carbocycles. The first-order valence-corrected chi connectivity index (χ1v) is 8.68. The summed E-state index contributed by atoms with van der Waals surface area (Å²) in [5.74, 6) is 1.48. The number of unbranched alkanes of at least 4 members (excludes halogenated alkanes) is 1. The van der Waals surface area contributed by atoms with Crippen molar-refractivity contribution in [3.63, 3.8) is 0 Å². The molecular formula is C19H44. The second-order valence-corrected chi connectivity index (χ2v) is 5.10. The molecule has 0 fully saturated rings. The van der Waals surface area contributed by atoms with E-state index >= 15 is 0 Å². The lowest BCUT2D eigenvalue weighted by Gasteiger charge is -2.02. The lowest BCUT2D eigenvalue weighted by molar-refractivity contribution is 0.627. The molecule has 0 aliphatic rings. The Balaban J connectivity index is -0.000000104. The van der Waals surface area contributed by atoms with Crippen molar-refractivity contribution in [1.29, 1.82) is 0 Å². The monoisotopic (exact) mass is 272 g/mol. The summed E-state index contributed by atoms with van der Waals surface area (Å²) >= 11 is 0. The molecule has 0 nitrogen and oxygen atoms in total. The van der Waals surface area contributed by atoms with Gasteiger partial charge in [-0.2, -0.15) is 0 Å². The van der Waals surface area contributed by atoms with Crippen molar-refractivity contribution in [2.45, 2.75) is 101 Å². The molecule has 0 amide bonds. The van der Waals surface area contributed by atoms with Crippen molar-refractivity contribution in [2.75, 3.05) is 0 Å². The molecule has 0 rings (SSSR count). The predicted octanol–water partition coefficient (Wildman–Crippen LogP) is 7.88. The van der Waals surface area contributed by atoms with Crippen molar-refractivity contribution < 1.29 is 0 Å². The van der Waals surface area contributed by atoms with E-state index in [4.69, 9.17) is 0 Å². The van der Waals surface area contributed by atoms with Gasteiger partial charge in [0.2, 0.25) is 0 Å². The van der Waals surface area contributed by atoms with Gasteiger partial charge in [0.1, 0.15) is 0 Å². The topological polar surface area (TPSA) is 0 Å². The molecular weight excluding hydrogens is 228 g/mol. The summed E-state index contributed by atoms with van der Waals surface area (Å²) in [4.78, 5) is 0. The van der Waals surface area contributed by atoms with Crippen LogP contribution in [0, 0.1) is 11.8 Å². The Morgan fingerprint density at radius 1 is 0.684 bits per heavy atom. The van der Waals surface area contributed by atoms with E-state index in [2.05, 4.69) is 67.5 Å². The molecule has 0 heterocycles. The van der Waals surface area contributed by atoms with Crippen LogP contribution in [-0.2, 0) is 0 Å². The van der Waals surface area contributed by atoms with Gasteiger partial charge in [0.25, 0.3) is 0 Å². The fraction of sp³-hybridized carbons (Fsp3) is 0.895. The van der Waals surface area contributed by atoms with Crippen LogP contribution in [0.3, 0.4) is 0 Å². The summed E-state index contributed by atoms with van der Waals surface area (Å²) in [6.45, 7) is 21.6. The Labute approximate surface area is 126 Å². The van der Waals surface area contributed by atoms with Crippen LogP contribution in [0.4, 0.5) is 0 Å². The Morgan fingerprint density at radius 3 is 1.26 bits per heavy atom. The number of hydrogen-bond acceptors (Lipinski definition) is 0. The zero-order valence-corrected chi connectivity index (χ0v) is 15.8. The molecule has 0 saturated carbocycles. The van der Waals surface area contributed by atoms with Crippen LogP contribution in [0.2, 0.25) is 0 Å². The van der Waals surface area contributed by atoms with E-state index in [0.29, 0.717) is 5.92 Å². The van der Waals surface area contributed by atoms with Gasteiger partial charge < -0.3 is 0 Å². The normalized spacial score (nSPS) is 10.7. The summed E-state index contributed by atoms with van der Waals surface area (Å²) in [7, 11) is 0. The maximum absolute atomic E-state index is 2.33. The Kier molecular flexibility index (Phi) is 43.8. The summed E-state index contributed by atoms with van der Waals surface area (Å²) < 4.78 is 0. The second-order valence-electron chi connectivity index (χ2n) is 5.10. The van der Waals surface area contributed by atoms with Gasteiger partial charge in [-0.05, 0) is 18.3 Å². The minimum Gasteiger partial charge on any atom is -0.0857 e. The van der Waals surface area contributed by atoms with Crippen LogP contribution in [0.1, 0.15) is 101 Å². The summed E-state index contributed by atoms with van der Waals surface area (Å²) in [6, 6.07) is 0. The zero-order valence-electron chi connectivity index (χ0n) is 15.8. The lowest BCUT2D eigenvalue weighted by Crippen LogP contribution is -1.88. The molecule has 0 bridgehead atoms. The third-order valence-electron chi connectivity index (χ3n) is 2.07. The first kappa shape index (κ1) is 27.1.